The highest BCUT2D eigenvalue weighted by atomic mass is 16.7. The summed E-state index contributed by atoms with van der Waals surface area (Å²) in [5, 5.41) is 10.5. The van der Waals surface area contributed by atoms with Crippen LogP contribution in [0, 0.1) is 0 Å². The van der Waals surface area contributed by atoms with Crippen LogP contribution in [0.5, 0.6) is 11.5 Å². The van der Waals surface area contributed by atoms with E-state index in [0.29, 0.717) is 31.3 Å². The Hall–Kier alpha value is -1.34. The fraction of sp³-hybridized carbons (Fsp3) is 0.647. The second-order valence-corrected chi connectivity index (χ2v) is 6.42. The molecule has 3 heterocycles. The number of ether oxygens (including phenoxy) is 4. The summed E-state index contributed by atoms with van der Waals surface area (Å²) in [5.41, 5.74) is 2.00. The molecule has 2 saturated heterocycles. The number of rotatable bonds is 2. The Bertz CT molecular complexity index is 599. The van der Waals surface area contributed by atoms with Gasteiger partial charge in [-0.05, 0) is 23.3 Å². The molecule has 0 aliphatic carbocycles. The maximum atomic E-state index is 10.5. The van der Waals surface area contributed by atoms with E-state index in [1.807, 2.05) is 12.1 Å². The summed E-state index contributed by atoms with van der Waals surface area (Å²) < 4.78 is 22.6. The van der Waals surface area contributed by atoms with E-state index in [0.717, 1.165) is 30.5 Å². The summed E-state index contributed by atoms with van der Waals surface area (Å²) in [6.07, 6.45) is 1.11. The Morgan fingerprint density at radius 2 is 1.78 bits per heavy atom. The molecule has 0 saturated carbocycles. The fourth-order valence-electron chi connectivity index (χ4n) is 4.09. The Morgan fingerprint density at radius 1 is 1.13 bits per heavy atom. The summed E-state index contributed by atoms with van der Waals surface area (Å²) in [5.74, 6) is 0.874. The predicted octanol–water partition coefficient (Wildman–Crippen LogP) is 1.63. The summed E-state index contributed by atoms with van der Waals surface area (Å²) in [7, 11) is 3.24. The number of hydrogen-bond donors (Lipinski definition) is 1. The van der Waals surface area contributed by atoms with Crippen molar-refractivity contribution in [1.29, 1.82) is 0 Å². The van der Waals surface area contributed by atoms with Gasteiger partial charge in [0, 0.05) is 32.0 Å². The molecular weight excluding hydrogens is 298 g/mol. The number of hydrogen-bond acceptors (Lipinski definition) is 6. The molecule has 3 aliphatic rings. The molecule has 0 unspecified atom stereocenters. The van der Waals surface area contributed by atoms with Gasteiger partial charge in [-0.2, -0.15) is 0 Å². The van der Waals surface area contributed by atoms with E-state index in [-0.39, 0.29) is 6.04 Å². The number of nitrogens with zero attached hydrogens (tertiary/aromatic N) is 1. The largest absolute Gasteiger partial charge is 0.493 e. The van der Waals surface area contributed by atoms with Crippen molar-refractivity contribution in [2.24, 2.45) is 0 Å². The minimum atomic E-state index is -0.513. The lowest BCUT2D eigenvalue weighted by Gasteiger charge is -2.47. The topological polar surface area (TPSA) is 60.4 Å². The monoisotopic (exact) mass is 321 g/mol. The van der Waals surface area contributed by atoms with Crippen LogP contribution in [0.25, 0.3) is 0 Å². The quantitative estimate of drug-likeness (QED) is 0.893. The van der Waals surface area contributed by atoms with Gasteiger partial charge in [0.1, 0.15) is 0 Å². The first-order chi connectivity index (χ1) is 11.2. The molecule has 23 heavy (non-hydrogen) atoms. The average molecular weight is 321 g/mol. The molecule has 1 spiro atoms. The first kappa shape index (κ1) is 15.2. The van der Waals surface area contributed by atoms with Crippen molar-refractivity contribution in [3.63, 3.8) is 0 Å². The number of benzene rings is 1. The highest BCUT2D eigenvalue weighted by Gasteiger charge is 2.47. The maximum absolute atomic E-state index is 10.5. The van der Waals surface area contributed by atoms with Gasteiger partial charge in [-0.25, -0.2) is 0 Å². The van der Waals surface area contributed by atoms with Crippen LogP contribution in [0.4, 0.5) is 0 Å². The molecule has 0 aromatic heterocycles. The number of aliphatic hydroxyl groups is 1. The van der Waals surface area contributed by atoms with Crippen LogP contribution in [-0.2, 0) is 9.47 Å². The maximum Gasteiger partial charge on any atom is 0.171 e. The SMILES string of the molecule is COc1cc2c(cc1OC)[C@@H](O)CN1CCC3(C[C@H]21)OCCO3. The third-order valence-electron chi connectivity index (χ3n) is 5.25. The van der Waals surface area contributed by atoms with Crippen molar-refractivity contribution in [3.05, 3.63) is 23.3 Å². The summed E-state index contributed by atoms with van der Waals surface area (Å²) in [6.45, 7) is 2.81. The van der Waals surface area contributed by atoms with E-state index in [4.69, 9.17) is 18.9 Å². The lowest BCUT2D eigenvalue weighted by Crippen LogP contribution is -2.50. The first-order valence-corrected chi connectivity index (χ1v) is 8.11. The number of methoxy groups -OCH3 is 2. The Kier molecular flexibility index (Phi) is 3.72. The minimum Gasteiger partial charge on any atom is -0.493 e. The van der Waals surface area contributed by atoms with Gasteiger partial charge in [0.15, 0.2) is 17.3 Å². The summed E-state index contributed by atoms with van der Waals surface area (Å²) in [6, 6.07) is 4.05. The highest BCUT2D eigenvalue weighted by Crippen LogP contribution is 2.48. The van der Waals surface area contributed by atoms with Gasteiger partial charge < -0.3 is 24.1 Å². The molecule has 1 N–H and O–H groups in total. The third-order valence-corrected chi connectivity index (χ3v) is 5.25. The lowest BCUT2D eigenvalue weighted by molar-refractivity contribution is -0.201. The van der Waals surface area contributed by atoms with Crippen LogP contribution < -0.4 is 9.47 Å². The van der Waals surface area contributed by atoms with Crippen molar-refractivity contribution in [3.8, 4) is 11.5 Å². The molecule has 6 nitrogen and oxygen atoms in total. The third kappa shape index (κ3) is 2.41. The predicted molar refractivity (Wildman–Crippen MR) is 82.7 cm³/mol. The summed E-state index contributed by atoms with van der Waals surface area (Å²) in [4.78, 5) is 2.31. The second-order valence-electron chi connectivity index (χ2n) is 6.42. The number of fused-ring (bicyclic) bond motifs is 3. The highest BCUT2D eigenvalue weighted by molar-refractivity contribution is 5.50. The molecule has 4 rings (SSSR count). The van der Waals surface area contributed by atoms with Crippen molar-refractivity contribution >= 4 is 0 Å². The Labute approximate surface area is 135 Å². The molecule has 2 fully saturated rings. The molecule has 3 aliphatic heterocycles. The Morgan fingerprint density at radius 3 is 2.43 bits per heavy atom. The van der Waals surface area contributed by atoms with E-state index in [1.54, 1.807) is 14.2 Å². The van der Waals surface area contributed by atoms with Gasteiger partial charge in [-0.3, -0.25) is 4.90 Å². The van der Waals surface area contributed by atoms with Gasteiger partial charge in [-0.1, -0.05) is 0 Å². The molecule has 1 aromatic rings. The molecule has 1 aromatic carbocycles. The van der Waals surface area contributed by atoms with Gasteiger partial charge >= 0.3 is 0 Å². The van der Waals surface area contributed by atoms with Crippen LogP contribution >= 0.6 is 0 Å². The molecule has 2 atom stereocenters. The first-order valence-electron chi connectivity index (χ1n) is 8.11. The second kappa shape index (κ2) is 5.63. The average Bonchev–Trinajstić information content (AvgIpc) is 3.02. The zero-order chi connectivity index (χ0) is 16.0. The van der Waals surface area contributed by atoms with Gasteiger partial charge in [-0.15, -0.1) is 0 Å². The Balaban J connectivity index is 1.75. The smallest absolute Gasteiger partial charge is 0.171 e. The van der Waals surface area contributed by atoms with E-state index in [1.165, 1.54) is 0 Å². The molecule has 0 amide bonds. The lowest BCUT2D eigenvalue weighted by atomic mass is 9.83. The van der Waals surface area contributed by atoms with Gasteiger partial charge in [0.25, 0.3) is 0 Å². The van der Waals surface area contributed by atoms with Crippen LogP contribution in [0.3, 0.4) is 0 Å². The van der Waals surface area contributed by atoms with E-state index in [9.17, 15) is 5.11 Å². The van der Waals surface area contributed by atoms with E-state index < -0.39 is 11.9 Å². The van der Waals surface area contributed by atoms with Crippen molar-refractivity contribution in [1.82, 2.24) is 4.90 Å². The van der Waals surface area contributed by atoms with Crippen LogP contribution in [0.2, 0.25) is 0 Å². The number of piperidine rings is 1. The van der Waals surface area contributed by atoms with Crippen LogP contribution in [0.15, 0.2) is 12.1 Å². The molecular formula is C17H23NO5. The van der Waals surface area contributed by atoms with Gasteiger partial charge in [0.05, 0.1) is 33.5 Å². The molecule has 6 heteroatoms. The standard InChI is InChI=1S/C17H23NO5/c1-20-15-7-11-12(8-16(15)21-2)14(19)10-18-4-3-17(9-13(11)18)22-5-6-23-17/h7-8,13-14,19H,3-6,9-10H2,1-2H3/t13-,14+/m1/s1. The van der Waals surface area contributed by atoms with E-state index in [2.05, 4.69) is 4.90 Å². The minimum absolute atomic E-state index is 0.167. The van der Waals surface area contributed by atoms with Crippen LogP contribution in [0.1, 0.15) is 36.1 Å². The zero-order valence-corrected chi connectivity index (χ0v) is 13.6. The zero-order valence-electron chi connectivity index (χ0n) is 13.6. The van der Waals surface area contributed by atoms with Gasteiger partial charge in [0.2, 0.25) is 0 Å². The fourth-order valence-corrected chi connectivity index (χ4v) is 4.09. The normalized spacial score (nSPS) is 29.2. The van der Waals surface area contributed by atoms with Crippen LogP contribution in [-0.4, -0.2) is 56.3 Å². The summed E-state index contributed by atoms with van der Waals surface area (Å²) >= 11 is 0. The van der Waals surface area contributed by atoms with Crippen molar-refractivity contribution < 1.29 is 24.1 Å². The van der Waals surface area contributed by atoms with E-state index >= 15 is 0 Å². The number of aliphatic hydroxyl groups excluding tert-OH is 1. The van der Waals surface area contributed by atoms with Crippen molar-refractivity contribution in [2.75, 3.05) is 40.5 Å². The molecule has 0 bridgehead atoms. The molecule has 0 radical (unpaired) electrons. The molecule has 126 valence electrons. The van der Waals surface area contributed by atoms with Crippen molar-refractivity contribution in [2.45, 2.75) is 30.8 Å².